The Kier molecular flexibility index (Phi) is 2.75. The van der Waals surface area contributed by atoms with Gasteiger partial charge in [-0.3, -0.25) is 0 Å². The van der Waals surface area contributed by atoms with Gasteiger partial charge < -0.3 is 0 Å². The zero-order chi connectivity index (χ0) is 8.27. The van der Waals surface area contributed by atoms with Crippen molar-refractivity contribution >= 4 is 17.4 Å². The van der Waals surface area contributed by atoms with E-state index in [0.29, 0.717) is 5.92 Å². The van der Waals surface area contributed by atoms with E-state index in [4.69, 9.17) is 0 Å². The van der Waals surface area contributed by atoms with Crippen molar-refractivity contribution in [3.8, 4) is 0 Å². The second-order valence-electron chi connectivity index (χ2n) is 2.81. The van der Waals surface area contributed by atoms with Crippen LogP contribution in [0.4, 0.5) is 0 Å². The molecule has 11 heavy (non-hydrogen) atoms. The third-order valence-electron chi connectivity index (χ3n) is 1.89. The highest BCUT2D eigenvalue weighted by molar-refractivity contribution is 7.78. The SMILES string of the molecule is CC1=C(N=C=S)C(C)CC=C1. The molecule has 0 aliphatic heterocycles. The van der Waals surface area contributed by atoms with E-state index in [-0.39, 0.29) is 0 Å². The summed E-state index contributed by atoms with van der Waals surface area (Å²) in [7, 11) is 0. The second-order valence-corrected chi connectivity index (χ2v) is 2.99. The van der Waals surface area contributed by atoms with Gasteiger partial charge in [0.15, 0.2) is 0 Å². The smallest absolute Gasteiger partial charge is 0.0637 e. The average molecular weight is 165 g/mol. The molecule has 0 saturated heterocycles. The highest BCUT2D eigenvalue weighted by Gasteiger charge is 2.11. The number of thiocarbonyl (C=S) groups is 1. The Morgan fingerprint density at radius 3 is 3.00 bits per heavy atom. The lowest BCUT2D eigenvalue weighted by Gasteiger charge is -2.14. The van der Waals surface area contributed by atoms with Crippen LogP contribution < -0.4 is 0 Å². The van der Waals surface area contributed by atoms with Gasteiger partial charge in [0.2, 0.25) is 0 Å². The van der Waals surface area contributed by atoms with Gasteiger partial charge in [-0.15, -0.1) is 0 Å². The molecule has 2 heteroatoms. The monoisotopic (exact) mass is 165 g/mol. The lowest BCUT2D eigenvalue weighted by atomic mass is 9.95. The van der Waals surface area contributed by atoms with Crippen molar-refractivity contribution < 1.29 is 0 Å². The molecule has 0 bridgehead atoms. The molecule has 0 saturated carbocycles. The molecule has 0 spiro atoms. The summed E-state index contributed by atoms with van der Waals surface area (Å²) in [6.07, 6.45) is 5.32. The number of isothiocyanates is 1. The van der Waals surface area contributed by atoms with Gasteiger partial charge in [0.05, 0.1) is 10.9 Å². The first-order valence-corrected chi connectivity index (χ1v) is 4.11. The number of hydrogen-bond acceptors (Lipinski definition) is 2. The van der Waals surface area contributed by atoms with Crippen LogP contribution in [0.5, 0.6) is 0 Å². The maximum atomic E-state index is 4.56. The Hall–Kier alpha value is -0.720. The summed E-state index contributed by atoms with van der Waals surface area (Å²) >= 11 is 4.56. The molecule has 58 valence electrons. The standard InChI is InChI=1S/C9H11NS/c1-7-4-3-5-8(2)9(7)10-6-11/h3-4,8H,5H2,1-2H3. The molecule has 1 atom stereocenters. The predicted octanol–water partition coefficient (Wildman–Crippen LogP) is 2.96. The molecule has 0 aromatic heterocycles. The van der Waals surface area contributed by atoms with E-state index in [9.17, 15) is 0 Å². The van der Waals surface area contributed by atoms with Crippen LogP contribution >= 0.6 is 12.2 Å². The van der Waals surface area contributed by atoms with Crippen LogP contribution in [0.15, 0.2) is 28.4 Å². The van der Waals surface area contributed by atoms with E-state index in [2.05, 4.69) is 48.4 Å². The topological polar surface area (TPSA) is 12.4 Å². The quantitative estimate of drug-likeness (QED) is 0.430. The zero-order valence-electron chi connectivity index (χ0n) is 6.79. The van der Waals surface area contributed by atoms with Gasteiger partial charge in [-0.1, -0.05) is 19.1 Å². The van der Waals surface area contributed by atoms with E-state index < -0.39 is 0 Å². The molecule has 0 aromatic rings. The average Bonchev–Trinajstić information content (AvgIpc) is 1.97. The molecule has 0 N–H and O–H groups in total. The third-order valence-corrected chi connectivity index (χ3v) is 1.99. The van der Waals surface area contributed by atoms with Crippen LogP contribution in [-0.4, -0.2) is 5.16 Å². The fraction of sp³-hybridized carbons (Fsp3) is 0.444. The summed E-state index contributed by atoms with van der Waals surface area (Å²) in [5.41, 5.74) is 2.30. The number of nitrogens with zero attached hydrogens (tertiary/aromatic N) is 1. The van der Waals surface area contributed by atoms with Crippen molar-refractivity contribution in [1.82, 2.24) is 0 Å². The molecule has 1 rings (SSSR count). The lowest BCUT2D eigenvalue weighted by molar-refractivity contribution is 0.670. The van der Waals surface area contributed by atoms with E-state index in [1.165, 1.54) is 5.57 Å². The van der Waals surface area contributed by atoms with Crippen molar-refractivity contribution in [1.29, 1.82) is 0 Å². The molecule has 1 unspecified atom stereocenters. The zero-order valence-corrected chi connectivity index (χ0v) is 7.61. The normalized spacial score (nSPS) is 23.3. The molecule has 0 heterocycles. The highest BCUT2D eigenvalue weighted by atomic mass is 32.1. The van der Waals surface area contributed by atoms with E-state index in [0.717, 1.165) is 12.1 Å². The van der Waals surface area contributed by atoms with Crippen molar-refractivity contribution in [3.05, 3.63) is 23.4 Å². The van der Waals surface area contributed by atoms with E-state index >= 15 is 0 Å². The molecule has 1 aliphatic carbocycles. The van der Waals surface area contributed by atoms with Crippen molar-refractivity contribution in [2.45, 2.75) is 20.3 Å². The number of aliphatic imine (C=N–C) groups is 1. The van der Waals surface area contributed by atoms with E-state index in [1.54, 1.807) is 0 Å². The summed E-state index contributed by atoms with van der Waals surface area (Å²) < 4.78 is 0. The fourth-order valence-corrected chi connectivity index (χ4v) is 1.38. The lowest BCUT2D eigenvalue weighted by Crippen LogP contribution is -2.01. The molecular weight excluding hydrogens is 154 g/mol. The van der Waals surface area contributed by atoms with Crippen LogP contribution in [0.3, 0.4) is 0 Å². The van der Waals surface area contributed by atoms with Gasteiger partial charge in [0, 0.05) is 5.92 Å². The van der Waals surface area contributed by atoms with Gasteiger partial charge in [-0.2, -0.15) is 4.99 Å². The fourth-order valence-electron chi connectivity index (χ4n) is 1.28. The Labute approximate surface area is 72.5 Å². The molecule has 0 fully saturated rings. The molecule has 1 aliphatic rings. The minimum absolute atomic E-state index is 0.496. The Bertz CT molecular complexity index is 257. The largest absolute Gasteiger partial charge is 0.199 e. The van der Waals surface area contributed by atoms with Gasteiger partial charge in [0.1, 0.15) is 0 Å². The number of allylic oxidation sites excluding steroid dienone is 4. The Morgan fingerprint density at radius 2 is 2.45 bits per heavy atom. The first kappa shape index (κ1) is 8.38. The number of hydrogen-bond donors (Lipinski definition) is 0. The van der Waals surface area contributed by atoms with Gasteiger partial charge in [0.25, 0.3) is 0 Å². The third kappa shape index (κ3) is 1.86. The predicted molar refractivity (Wildman–Crippen MR) is 50.6 cm³/mol. The maximum Gasteiger partial charge on any atom is 0.0637 e. The van der Waals surface area contributed by atoms with E-state index in [1.807, 2.05) is 0 Å². The Morgan fingerprint density at radius 1 is 1.73 bits per heavy atom. The van der Waals surface area contributed by atoms with Crippen molar-refractivity contribution in [3.63, 3.8) is 0 Å². The summed E-state index contributed by atoms with van der Waals surface area (Å²) in [5, 5.41) is 2.41. The van der Waals surface area contributed by atoms with Gasteiger partial charge in [-0.25, -0.2) is 0 Å². The molecule has 0 amide bonds. The highest BCUT2D eigenvalue weighted by Crippen LogP contribution is 2.24. The van der Waals surface area contributed by atoms with Crippen molar-refractivity contribution in [2.75, 3.05) is 0 Å². The first-order valence-electron chi connectivity index (χ1n) is 3.71. The first-order chi connectivity index (χ1) is 5.25. The summed E-state index contributed by atoms with van der Waals surface area (Å²) in [4.78, 5) is 4.04. The van der Waals surface area contributed by atoms with Crippen LogP contribution in [0, 0.1) is 5.92 Å². The van der Waals surface area contributed by atoms with Crippen molar-refractivity contribution in [2.24, 2.45) is 10.9 Å². The Balaban J connectivity index is 3.00. The maximum absolute atomic E-state index is 4.56. The minimum Gasteiger partial charge on any atom is -0.199 e. The van der Waals surface area contributed by atoms with Crippen LogP contribution in [-0.2, 0) is 0 Å². The summed E-state index contributed by atoms with van der Waals surface area (Å²) in [5.74, 6) is 0.496. The molecule has 0 aromatic carbocycles. The summed E-state index contributed by atoms with van der Waals surface area (Å²) in [6, 6.07) is 0. The van der Waals surface area contributed by atoms with Gasteiger partial charge >= 0.3 is 0 Å². The molecule has 1 nitrogen and oxygen atoms in total. The molecule has 0 radical (unpaired) electrons. The summed E-state index contributed by atoms with van der Waals surface area (Å²) in [6.45, 7) is 4.20. The van der Waals surface area contributed by atoms with Gasteiger partial charge in [-0.05, 0) is 31.1 Å². The molecular formula is C9H11NS. The second kappa shape index (κ2) is 3.61. The van der Waals surface area contributed by atoms with Crippen LogP contribution in [0.2, 0.25) is 0 Å². The van der Waals surface area contributed by atoms with Crippen LogP contribution in [0.25, 0.3) is 0 Å². The van der Waals surface area contributed by atoms with Crippen LogP contribution in [0.1, 0.15) is 20.3 Å². The number of rotatable bonds is 1. The minimum atomic E-state index is 0.496.